The van der Waals surface area contributed by atoms with Gasteiger partial charge in [0.15, 0.2) is 5.17 Å². The van der Waals surface area contributed by atoms with Crippen LogP contribution in [0.3, 0.4) is 0 Å². The van der Waals surface area contributed by atoms with Crippen molar-refractivity contribution in [1.29, 1.82) is 0 Å². The first kappa shape index (κ1) is 15.6. The van der Waals surface area contributed by atoms with E-state index in [4.69, 9.17) is 10.2 Å². The van der Waals surface area contributed by atoms with Crippen molar-refractivity contribution in [2.45, 2.75) is 32.9 Å². The van der Waals surface area contributed by atoms with E-state index in [1.807, 2.05) is 19.9 Å². The number of benzene rings is 1. The minimum atomic E-state index is -0.328. The second-order valence-electron chi connectivity index (χ2n) is 5.03. The van der Waals surface area contributed by atoms with Gasteiger partial charge in [-0.25, -0.2) is 4.79 Å². The predicted molar refractivity (Wildman–Crippen MR) is 90.0 cm³/mol. The summed E-state index contributed by atoms with van der Waals surface area (Å²) in [6.07, 6.45) is 0.970. The van der Waals surface area contributed by atoms with Crippen LogP contribution in [0, 0.1) is 13.8 Å². The number of thioether (sulfide) groups is 1. The molecule has 2 aromatic rings. The van der Waals surface area contributed by atoms with Crippen LogP contribution >= 0.6 is 11.8 Å². The number of aryl methyl sites for hydroxylation is 2. The zero-order valence-electron chi connectivity index (χ0n) is 12.6. The molecular formula is C16H20N2O2S. The summed E-state index contributed by atoms with van der Waals surface area (Å²) in [5.41, 5.74) is 9.38. The van der Waals surface area contributed by atoms with Gasteiger partial charge in [0.2, 0.25) is 0 Å². The Hall–Kier alpha value is -1.75. The number of hydrogen-bond donors (Lipinski definition) is 1. The van der Waals surface area contributed by atoms with Gasteiger partial charge in [-0.3, -0.25) is 4.99 Å². The first-order valence-corrected chi connectivity index (χ1v) is 7.96. The highest BCUT2D eigenvalue weighted by molar-refractivity contribution is 8.13. The van der Waals surface area contributed by atoms with Gasteiger partial charge in [-0.05, 0) is 49.1 Å². The quantitative estimate of drug-likeness (QED) is 0.534. The highest BCUT2D eigenvalue weighted by Crippen LogP contribution is 2.24. The summed E-state index contributed by atoms with van der Waals surface area (Å²) < 4.78 is 5.28. The first-order chi connectivity index (χ1) is 10.0. The monoisotopic (exact) mass is 304 g/mol. The van der Waals surface area contributed by atoms with Crippen molar-refractivity contribution in [3.8, 4) is 0 Å². The molecule has 0 aliphatic carbocycles. The van der Waals surface area contributed by atoms with Gasteiger partial charge in [-0.15, -0.1) is 0 Å². The molecule has 5 heteroatoms. The molecule has 0 bridgehead atoms. The Bertz CT molecular complexity index is 735. The molecule has 2 N–H and O–H groups in total. The molecule has 4 nitrogen and oxygen atoms in total. The van der Waals surface area contributed by atoms with E-state index in [0.29, 0.717) is 16.5 Å². The fourth-order valence-corrected chi connectivity index (χ4v) is 2.75. The normalized spacial score (nSPS) is 12.0. The number of nitrogens with two attached hydrogens (primary N) is 1. The molecule has 2 rings (SSSR count). The fourth-order valence-electron chi connectivity index (χ4n) is 2.02. The molecule has 0 unspecified atom stereocenters. The van der Waals surface area contributed by atoms with Gasteiger partial charge in [0, 0.05) is 23.8 Å². The van der Waals surface area contributed by atoms with Crippen LogP contribution in [0.4, 0.5) is 0 Å². The molecule has 0 atom stereocenters. The van der Waals surface area contributed by atoms with E-state index in [2.05, 4.69) is 18.0 Å². The zero-order chi connectivity index (χ0) is 15.4. The van der Waals surface area contributed by atoms with Crippen LogP contribution in [-0.2, 0) is 5.75 Å². The largest absolute Gasteiger partial charge is 0.423 e. The van der Waals surface area contributed by atoms with Gasteiger partial charge in [0.25, 0.3) is 0 Å². The molecule has 1 aromatic carbocycles. The molecule has 0 saturated carbocycles. The fraction of sp³-hybridized carbons (Fsp3) is 0.375. The molecule has 0 saturated heterocycles. The van der Waals surface area contributed by atoms with Gasteiger partial charge in [-0.1, -0.05) is 18.7 Å². The Morgan fingerprint density at radius 1 is 1.29 bits per heavy atom. The highest BCUT2D eigenvalue weighted by Gasteiger charge is 2.08. The number of fused-ring (bicyclic) bond motifs is 1. The molecule has 112 valence electrons. The zero-order valence-corrected chi connectivity index (χ0v) is 13.4. The lowest BCUT2D eigenvalue weighted by Crippen LogP contribution is -2.08. The maximum atomic E-state index is 11.7. The van der Waals surface area contributed by atoms with E-state index < -0.39 is 0 Å². The summed E-state index contributed by atoms with van der Waals surface area (Å²) in [4.78, 5) is 15.9. The van der Waals surface area contributed by atoms with E-state index >= 15 is 0 Å². The lowest BCUT2D eigenvalue weighted by molar-refractivity contribution is 0.559. The van der Waals surface area contributed by atoms with Crippen molar-refractivity contribution in [2.75, 3.05) is 6.54 Å². The average molecular weight is 304 g/mol. The maximum absolute atomic E-state index is 11.7. The molecule has 0 amide bonds. The highest BCUT2D eigenvalue weighted by atomic mass is 32.2. The number of amidine groups is 1. The minimum Gasteiger partial charge on any atom is -0.423 e. The molecule has 0 aliphatic rings. The first-order valence-electron chi connectivity index (χ1n) is 6.98. The minimum absolute atomic E-state index is 0.328. The summed E-state index contributed by atoms with van der Waals surface area (Å²) in [6, 6.07) is 5.51. The third kappa shape index (κ3) is 3.88. The second-order valence-corrected chi connectivity index (χ2v) is 6.03. The number of hydrogen-bond acceptors (Lipinski definition) is 4. The summed E-state index contributed by atoms with van der Waals surface area (Å²) >= 11 is 1.45. The van der Waals surface area contributed by atoms with E-state index in [1.165, 1.54) is 23.4 Å². The van der Waals surface area contributed by atoms with E-state index in [0.717, 1.165) is 29.5 Å². The van der Waals surface area contributed by atoms with Gasteiger partial charge >= 0.3 is 5.63 Å². The Morgan fingerprint density at radius 3 is 2.71 bits per heavy atom. The molecule has 0 radical (unpaired) electrons. The van der Waals surface area contributed by atoms with Crippen molar-refractivity contribution in [2.24, 2.45) is 10.7 Å². The van der Waals surface area contributed by atoms with Crippen LogP contribution in [0.5, 0.6) is 0 Å². The lowest BCUT2D eigenvalue weighted by atomic mass is 10.0. The number of nitrogens with zero attached hydrogens (tertiary/aromatic N) is 1. The maximum Gasteiger partial charge on any atom is 0.336 e. The molecule has 1 aromatic heterocycles. The van der Waals surface area contributed by atoms with Crippen molar-refractivity contribution in [1.82, 2.24) is 0 Å². The molecule has 21 heavy (non-hydrogen) atoms. The summed E-state index contributed by atoms with van der Waals surface area (Å²) in [7, 11) is 0. The van der Waals surface area contributed by atoms with Crippen molar-refractivity contribution in [3.05, 3.63) is 45.3 Å². The molecule has 0 fully saturated rings. The summed E-state index contributed by atoms with van der Waals surface area (Å²) in [5.74, 6) is 0.615. The third-order valence-corrected chi connectivity index (χ3v) is 4.19. The Morgan fingerprint density at radius 2 is 2.00 bits per heavy atom. The molecule has 0 aliphatic heterocycles. The summed E-state index contributed by atoms with van der Waals surface area (Å²) in [6.45, 7) is 6.84. The van der Waals surface area contributed by atoms with Gasteiger partial charge in [0.1, 0.15) is 5.58 Å². The predicted octanol–water partition coefficient (Wildman–Crippen LogP) is 3.37. The third-order valence-electron chi connectivity index (χ3n) is 3.31. The average Bonchev–Trinajstić information content (AvgIpc) is 2.44. The van der Waals surface area contributed by atoms with Crippen LogP contribution in [-0.4, -0.2) is 11.7 Å². The lowest BCUT2D eigenvalue weighted by Gasteiger charge is -2.08. The van der Waals surface area contributed by atoms with E-state index in [9.17, 15) is 4.79 Å². The van der Waals surface area contributed by atoms with Crippen molar-refractivity contribution >= 4 is 27.9 Å². The van der Waals surface area contributed by atoms with Crippen LogP contribution in [0.2, 0.25) is 0 Å². The van der Waals surface area contributed by atoms with Crippen LogP contribution < -0.4 is 11.4 Å². The molecular weight excluding hydrogens is 284 g/mol. The topological polar surface area (TPSA) is 68.6 Å². The van der Waals surface area contributed by atoms with Gasteiger partial charge < -0.3 is 10.2 Å². The standard InChI is InChI=1S/C16H20N2O2S/c1-4-5-18-16(17)21-9-12-8-15(19)20-14-7-11(3)10(2)6-13(12)14/h6-8H,4-5,9H2,1-3H3,(H2,17,18). The van der Waals surface area contributed by atoms with E-state index in [1.54, 1.807) is 0 Å². The van der Waals surface area contributed by atoms with Crippen molar-refractivity contribution < 1.29 is 4.42 Å². The van der Waals surface area contributed by atoms with Crippen LogP contribution in [0.1, 0.15) is 30.0 Å². The molecule has 1 heterocycles. The SMILES string of the molecule is CCCN=C(N)SCc1cc(=O)oc2cc(C)c(C)cc12. The number of aliphatic imine (C=N–C) groups is 1. The van der Waals surface area contributed by atoms with Gasteiger partial charge in [0.05, 0.1) is 0 Å². The van der Waals surface area contributed by atoms with Crippen LogP contribution in [0.25, 0.3) is 11.0 Å². The smallest absolute Gasteiger partial charge is 0.336 e. The Kier molecular flexibility index (Phi) is 5.07. The second kappa shape index (κ2) is 6.80. The molecule has 0 spiro atoms. The number of rotatable bonds is 4. The van der Waals surface area contributed by atoms with Crippen molar-refractivity contribution in [3.63, 3.8) is 0 Å². The Labute approximate surface area is 128 Å². The van der Waals surface area contributed by atoms with Gasteiger partial charge in [-0.2, -0.15) is 0 Å². The summed E-state index contributed by atoms with van der Waals surface area (Å²) in [5, 5.41) is 1.52. The van der Waals surface area contributed by atoms with Crippen LogP contribution in [0.15, 0.2) is 32.4 Å². The van der Waals surface area contributed by atoms with E-state index in [-0.39, 0.29) is 5.63 Å². The Balaban J connectivity index is 2.35.